The van der Waals surface area contributed by atoms with Gasteiger partial charge in [-0.05, 0) is 82.7 Å². The summed E-state index contributed by atoms with van der Waals surface area (Å²) >= 11 is 0. The van der Waals surface area contributed by atoms with Gasteiger partial charge in [0.2, 0.25) is 29.5 Å². The van der Waals surface area contributed by atoms with E-state index < -0.39 is 102 Å². The summed E-state index contributed by atoms with van der Waals surface area (Å²) in [6, 6.07) is 1.25. The van der Waals surface area contributed by atoms with E-state index in [0.29, 0.717) is 18.2 Å². The number of hydrogen-bond donors (Lipinski definition) is 4. The minimum absolute atomic E-state index is 0.0165. The molecule has 3 aliphatic rings. The molecule has 0 aliphatic carbocycles. The normalized spacial score (nSPS) is 26.9. The highest BCUT2D eigenvalue weighted by atomic mass is 19.1. The molecule has 0 spiro atoms. The molecule has 2 aromatic carbocycles. The molecule has 56 heavy (non-hydrogen) atoms. The number of amides is 7. The molecule has 8 atom stereocenters. The van der Waals surface area contributed by atoms with Crippen LogP contribution < -0.4 is 21.3 Å². The van der Waals surface area contributed by atoms with E-state index in [-0.39, 0.29) is 37.4 Å². The number of anilines is 1. The fraction of sp³-hybridized carbons (Fsp3) is 0.513. The number of carbonyl (C=O) groups excluding carboxylic acids is 7. The van der Waals surface area contributed by atoms with Crippen molar-refractivity contribution in [1.82, 2.24) is 30.7 Å². The number of nitrogens with one attached hydrogen (secondary N) is 4. The summed E-state index contributed by atoms with van der Waals surface area (Å²) in [5, 5.41) is 10.4. The van der Waals surface area contributed by atoms with Gasteiger partial charge in [-0.3, -0.25) is 24.0 Å². The molecular formula is C39H49F2N7O8. The maximum atomic E-state index is 14.5. The summed E-state index contributed by atoms with van der Waals surface area (Å²) < 4.78 is 34.4. The first-order valence-corrected chi connectivity index (χ1v) is 18.7. The van der Waals surface area contributed by atoms with Crippen LogP contribution in [-0.4, -0.2) is 119 Å². The van der Waals surface area contributed by atoms with Crippen LogP contribution in [0.5, 0.6) is 0 Å². The summed E-state index contributed by atoms with van der Waals surface area (Å²) in [5.41, 5.74) is 1.34. The van der Waals surface area contributed by atoms with Gasteiger partial charge >= 0.3 is 12.0 Å². The number of carbonyl (C=O) groups is 7. The Labute approximate surface area is 323 Å². The monoisotopic (exact) mass is 781 g/mol. The van der Waals surface area contributed by atoms with Gasteiger partial charge in [0.25, 0.3) is 0 Å². The van der Waals surface area contributed by atoms with Crippen LogP contribution in [0.15, 0.2) is 42.5 Å². The first-order valence-electron chi connectivity index (χ1n) is 18.7. The number of aryl methyl sites for hydroxylation is 1. The number of esters is 1. The molecule has 0 radical (unpaired) electrons. The molecule has 0 saturated carbocycles. The predicted octanol–water partition coefficient (Wildman–Crippen LogP) is 2.02. The molecule has 3 fully saturated rings. The van der Waals surface area contributed by atoms with Crippen LogP contribution in [0.1, 0.15) is 58.1 Å². The van der Waals surface area contributed by atoms with Gasteiger partial charge in [0.1, 0.15) is 54.0 Å². The van der Waals surface area contributed by atoms with Crippen molar-refractivity contribution in [3.8, 4) is 0 Å². The molecule has 7 amide bonds. The molecule has 0 bridgehead atoms. The smallest absolute Gasteiger partial charge is 0.329 e. The Balaban J connectivity index is 1.49. The molecule has 0 aromatic heterocycles. The zero-order valence-electron chi connectivity index (χ0n) is 32.3. The Morgan fingerprint density at radius 2 is 1.57 bits per heavy atom. The van der Waals surface area contributed by atoms with Crippen LogP contribution in [-0.2, 0) is 39.9 Å². The molecule has 1 unspecified atom stereocenters. The molecular weight excluding hydrogens is 732 g/mol. The van der Waals surface area contributed by atoms with Crippen LogP contribution in [0.25, 0.3) is 0 Å². The Hall–Kier alpha value is -5.61. The highest BCUT2D eigenvalue weighted by Gasteiger charge is 2.46. The number of cyclic esters (lactones) is 1. The highest BCUT2D eigenvalue weighted by Crippen LogP contribution is 2.27. The number of ether oxygens (including phenoxy) is 1. The SMILES string of the molecule is Cc1ccc(NC(=O)N[C@@H](Cc2cc(F)cc(F)c2)C(=O)N[C@@H]2C(=O)N3CCC[C@H]3C(=O)N(C)[C@@H](C)C(=O)N[C@@H](C)C(=O)N3C[C@@H](C)CC3C(=O)O[C@H]2C)cc1. The molecule has 17 heteroatoms. The van der Waals surface area contributed by atoms with Crippen molar-refractivity contribution in [2.75, 3.05) is 25.5 Å². The molecule has 5 rings (SSSR count). The molecule has 302 valence electrons. The fourth-order valence-electron chi connectivity index (χ4n) is 7.32. The first kappa shape index (κ1) is 41.6. The van der Waals surface area contributed by atoms with Crippen LogP contribution in [0, 0.1) is 24.5 Å². The van der Waals surface area contributed by atoms with Crippen molar-refractivity contribution in [2.45, 2.75) is 103 Å². The number of benzene rings is 2. The van der Waals surface area contributed by atoms with E-state index in [0.717, 1.165) is 17.7 Å². The lowest BCUT2D eigenvalue weighted by Gasteiger charge is -2.36. The van der Waals surface area contributed by atoms with E-state index in [1.54, 1.807) is 24.3 Å². The number of hydrogen-bond acceptors (Lipinski definition) is 8. The lowest BCUT2D eigenvalue weighted by atomic mass is 10.0. The van der Waals surface area contributed by atoms with E-state index in [4.69, 9.17) is 4.74 Å². The topological polar surface area (TPSA) is 187 Å². The van der Waals surface area contributed by atoms with Crippen LogP contribution in [0.2, 0.25) is 0 Å². The third kappa shape index (κ3) is 9.60. The van der Waals surface area contributed by atoms with Crippen molar-refractivity contribution in [1.29, 1.82) is 0 Å². The van der Waals surface area contributed by atoms with Gasteiger partial charge in [-0.15, -0.1) is 0 Å². The largest absolute Gasteiger partial charge is 0.458 e. The lowest BCUT2D eigenvalue weighted by molar-refractivity contribution is -0.162. The summed E-state index contributed by atoms with van der Waals surface area (Å²) in [4.78, 5) is 100. The second kappa shape index (κ2) is 17.5. The van der Waals surface area contributed by atoms with Crippen LogP contribution in [0.3, 0.4) is 0 Å². The summed E-state index contributed by atoms with van der Waals surface area (Å²) in [5.74, 6) is -6.26. The number of rotatable bonds is 6. The predicted molar refractivity (Wildman–Crippen MR) is 199 cm³/mol. The third-order valence-electron chi connectivity index (χ3n) is 10.6. The summed E-state index contributed by atoms with van der Waals surface area (Å²) in [7, 11) is 1.41. The van der Waals surface area contributed by atoms with Gasteiger partial charge in [0.05, 0.1) is 0 Å². The third-order valence-corrected chi connectivity index (χ3v) is 10.6. The number of halogens is 2. The maximum Gasteiger partial charge on any atom is 0.329 e. The zero-order valence-corrected chi connectivity index (χ0v) is 32.3. The Morgan fingerprint density at radius 1 is 0.911 bits per heavy atom. The standard InChI is InChI=1S/C39H49F2N7O8/c1-20-9-11-28(12-10-20)43-39(55)44-29(17-25-15-26(40)18-27(41)16-25)34(50)45-32-24(5)56-38(54)31-14-21(2)19-48(31)35(51)22(3)42-33(49)23(4)46(6)36(52)30-8-7-13-47(30)37(32)53/h9-12,15-16,18,21-24,29-32H,7-8,13-14,17,19H2,1-6H3,(H,42,49)(H,45,50)(H2,43,44,55)/t21-,22-,23-,24-,29-,30-,31?,32-/m0/s1. The Morgan fingerprint density at radius 3 is 2.23 bits per heavy atom. The second-order valence-electron chi connectivity index (χ2n) is 15.0. The van der Waals surface area contributed by atoms with Gasteiger partial charge in [0, 0.05) is 38.3 Å². The quantitative estimate of drug-likeness (QED) is 0.321. The molecule has 3 saturated heterocycles. The van der Waals surface area contributed by atoms with Gasteiger partial charge in [0.15, 0.2) is 0 Å². The van der Waals surface area contributed by atoms with Gasteiger partial charge in [-0.2, -0.15) is 0 Å². The number of urea groups is 1. The average molecular weight is 782 g/mol. The minimum Gasteiger partial charge on any atom is -0.458 e. The first-order chi connectivity index (χ1) is 26.4. The van der Waals surface area contributed by atoms with Crippen molar-refractivity contribution in [3.05, 3.63) is 65.2 Å². The number of nitrogens with zero attached hydrogens (tertiary/aromatic N) is 3. The summed E-state index contributed by atoms with van der Waals surface area (Å²) in [6.07, 6.45) is -0.923. The maximum absolute atomic E-state index is 14.5. The molecule has 2 aromatic rings. The summed E-state index contributed by atoms with van der Waals surface area (Å²) in [6.45, 7) is 8.35. The van der Waals surface area contributed by atoms with Crippen molar-refractivity contribution < 1.29 is 47.1 Å². The number of likely N-dealkylation sites (N-methyl/N-ethyl adjacent to an activating group) is 1. The zero-order chi connectivity index (χ0) is 41.0. The molecule has 4 N–H and O–H groups in total. The highest BCUT2D eigenvalue weighted by molar-refractivity contribution is 5.98. The Kier molecular flexibility index (Phi) is 13.0. The van der Waals surface area contributed by atoms with E-state index >= 15 is 0 Å². The van der Waals surface area contributed by atoms with Crippen molar-refractivity contribution in [2.24, 2.45) is 5.92 Å². The lowest BCUT2D eigenvalue weighted by Crippen LogP contribution is -2.62. The fourth-order valence-corrected chi connectivity index (χ4v) is 7.32. The van der Waals surface area contributed by atoms with E-state index in [1.165, 1.54) is 42.5 Å². The Bertz CT molecular complexity index is 1840. The van der Waals surface area contributed by atoms with Crippen LogP contribution in [0.4, 0.5) is 19.3 Å². The average Bonchev–Trinajstić information content (AvgIpc) is 3.79. The van der Waals surface area contributed by atoms with E-state index in [2.05, 4.69) is 21.3 Å². The van der Waals surface area contributed by atoms with Crippen molar-refractivity contribution in [3.63, 3.8) is 0 Å². The molecule has 3 heterocycles. The van der Waals surface area contributed by atoms with Gasteiger partial charge < -0.3 is 40.7 Å². The van der Waals surface area contributed by atoms with Gasteiger partial charge in [-0.1, -0.05) is 24.6 Å². The van der Waals surface area contributed by atoms with Gasteiger partial charge in [-0.25, -0.2) is 18.4 Å². The molecule has 3 aliphatic heterocycles. The van der Waals surface area contributed by atoms with E-state index in [1.807, 2.05) is 13.8 Å². The van der Waals surface area contributed by atoms with Crippen LogP contribution >= 0.6 is 0 Å². The van der Waals surface area contributed by atoms with Crippen molar-refractivity contribution >= 4 is 47.2 Å². The number of fused-ring (bicyclic) bond motifs is 2. The van der Waals surface area contributed by atoms with E-state index in [9.17, 15) is 42.3 Å². The minimum atomic E-state index is -1.63. The molecule has 15 nitrogen and oxygen atoms in total. The second-order valence-corrected chi connectivity index (χ2v) is 15.0.